The Bertz CT molecular complexity index is 478. The molecule has 0 aliphatic heterocycles. The van der Waals surface area contributed by atoms with Crippen LogP contribution in [0.3, 0.4) is 0 Å². The van der Waals surface area contributed by atoms with Crippen molar-refractivity contribution in [3.05, 3.63) is 23.7 Å². The zero-order chi connectivity index (χ0) is 14.0. The van der Waals surface area contributed by atoms with Gasteiger partial charge >= 0.3 is 5.97 Å². The first-order chi connectivity index (χ1) is 8.94. The first kappa shape index (κ1) is 13.8. The Morgan fingerprint density at radius 1 is 1.26 bits per heavy atom. The summed E-state index contributed by atoms with van der Waals surface area (Å²) in [7, 11) is 0. The van der Waals surface area contributed by atoms with Gasteiger partial charge in [-0.2, -0.15) is 0 Å². The normalized spacial score (nSPS) is 17.8. The maximum atomic E-state index is 12.7. The highest BCUT2D eigenvalue weighted by Crippen LogP contribution is 2.45. The van der Waals surface area contributed by atoms with E-state index in [0.29, 0.717) is 5.92 Å². The molecule has 1 fully saturated rings. The molecule has 4 nitrogen and oxygen atoms in total. The minimum Gasteiger partial charge on any atom is -0.475 e. The quantitative estimate of drug-likeness (QED) is 0.822. The number of carboxylic acid groups (broad SMARTS) is 1. The van der Waals surface area contributed by atoms with E-state index in [4.69, 9.17) is 9.52 Å². The number of carboxylic acids is 1. The second kappa shape index (κ2) is 5.19. The molecule has 104 valence electrons. The molecule has 1 aromatic rings. The number of hydrogen-bond acceptors (Lipinski definition) is 3. The summed E-state index contributed by atoms with van der Waals surface area (Å²) in [6.45, 7) is 4.22. The van der Waals surface area contributed by atoms with Gasteiger partial charge in [0.2, 0.25) is 11.5 Å². The van der Waals surface area contributed by atoms with E-state index < -0.39 is 5.97 Å². The molecule has 0 bridgehead atoms. The predicted octanol–water partition coefficient (Wildman–Crippen LogP) is 3.77. The molecule has 1 heterocycles. The fourth-order valence-corrected chi connectivity index (χ4v) is 3.19. The lowest BCUT2D eigenvalue weighted by Crippen LogP contribution is -2.29. The minimum absolute atomic E-state index is 0.0220. The monoisotopic (exact) mass is 264 g/mol. The Morgan fingerprint density at radius 2 is 1.84 bits per heavy atom. The lowest BCUT2D eigenvalue weighted by atomic mass is 9.74. The lowest BCUT2D eigenvalue weighted by Gasteiger charge is -2.28. The average molecular weight is 264 g/mol. The van der Waals surface area contributed by atoms with Crippen LogP contribution < -0.4 is 0 Å². The van der Waals surface area contributed by atoms with Crippen LogP contribution in [0.5, 0.6) is 0 Å². The highest BCUT2D eigenvalue weighted by Gasteiger charge is 2.43. The van der Waals surface area contributed by atoms with E-state index in [2.05, 4.69) is 13.8 Å². The van der Waals surface area contributed by atoms with Gasteiger partial charge in [0.15, 0.2) is 5.76 Å². The van der Waals surface area contributed by atoms with Gasteiger partial charge in [0.05, 0.1) is 0 Å². The van der Waals surface area contributed by atoms with Crippen molar-refractivity contribution in [1.82, 2.24) is 0 Å². The van der Waals surface area contributed by atoms with Gasteiger partial charge in [-0.25, -0.2) is 4.79 Å². The Hall–Kier alpha value is -1.58. The van der Waals surface area contributed by atoms with Crippen molar-refractivity contribution < 1.29 is 19.1 Å². The first-order valence-electron chi connectivity index (χ1n) is 6.82. The molecule has 1 aliphatic rings. The summed E-state index contributed by atoms with van der Waals surface area (Å²) in [5, 5.41) is 8.85. The molecule has 0 atom stereocenters. The number of aromatic carboxylic acids is 1. The summed E-state index contributed by atoms with van der Waals surface area (Å²) in [5.41, 5.74) is -0.345. The molecule has 1 N–H and O–H groups in total. The van der Waals surface area contributed by atoms with Gasteiger partial charge < -0.3 is 9.52 Å². The maximum absolute atomic E-state index is 12.7. The third-order valence-electron chi connectivity index (χ3n) is 3.88. The summed E-state index contributed by atoms with van der Waals surface area (Å²) >= 11 is 0. The molecule has 0 unspecified atom stereocenters. The Labute approximate surface area is 112 Å². The van der Waals surface area contributed by atoms with Crippen LogP contribution in [0.1, 0.15) is 67.1 Å². The fourth-order valence-electron chi connectivity index (χ4n) is 3.19. The maximum Gasteiger partial charge on any atom is 0.371 e. The highest BCUT2D eigenvalue weighted by atomic mass is 16.4. The largest absolute Gasteiger partial charge is 0.475 e. The molecule has 2 rings (SSSR count). The summed E-state index contributed by atoms with van der Waals surface area (Å²) in [6, 6.07) is 2.85. The Morgan fingerprint density at radius 3 is 2.32 bits per heavy atom. The SMILES string of the molecule is CC(C)CC1(C(=O)c2ccc(C(=O)O)o2)CCCC1. The van der Waals surface area contributed by atoms with Gasteiger partial charge in [-0.15, -0.1) is 0 Å². The van der Waals surface area contributed by atoms with E-state index in [1.165, 1.54) is 12.1 Å². The zero-order valence-corrected chi connectivity index (χ0v) is 11.4. The molecule has 0 radical (unpaired) electrons. The van der Waals surface area contributed by atoms with Gasteiger partial charge in [-0.1, -0.05) is 26.7 Å². The Kier molecular flexibility index (Phi) is 3.78. The number of Topliss-reactive ketones (excluding diaryl/α,β-unsaturated/α-hetero) is 1. The molecule has 0 spiro atoms. The molecular formula is C15H20O4. The van der Waals surface area contributed by atoms with Crippen LogP contribution in [0.25, 0.3) is 0 Å². The van der Waals surface area contributed by atoms with E-state index in [9.17, 15) is 9.59 Å². The topological polar surface area (TPSA) is 67.5 Å². The van der Waals surface area contributed by atoms with Crippen molar-refractivity contribution in [2.75, 3.05) is 0 Å². The second-order valence-corrected chi connectivity index (χ2v) is 5.88. The van der Waals surface area contributed by atoms with Gasteiger partial charge in [0, 0.05) is 5.41 Å². The third kappa shape index (κ3) is 2.72. The van der Waals surface area contributed by atoms with Crippen LogP contribution in [0.2, 0.25) is 0 Å². The number of hydrogen-bond donors (Lipinski definition) is 1. The van der Waals surface area contributed by atoms with Gasteiger partial charge in [-0.3, -0.25) is 4.79 Å². The molecular weight excluding hydrogens is 244 g/mol. The Balaban J connectivity index is 2.26. The number of carbonyl (C=O) groups is 2. The van der Waals surface area contributed by atoms with Crippen molar-refractivity contribution in [2.24, 2.45) is 11.3 Å². The summed E-state index contributed by atoms with van der Waals surface area (Å²) < 4.78 is 5.18. The van der Waals surface area contributed by atoms with E-state index in [1.54, 1.807) is 0 Å². The van der Waals surface area contributed by atoms with E-state index in [1.807, 2.05) is 0 Å². The van der Waals surface area contributed by atoms with Crippen LogP contribution in [-0.2, 0) is 0 Å². The standard InChI is InChI=1S/C15H20O4/c1-10(2)9-15(7-3-4-8-15)13(16)11-5-6-12(19-11)14(17)18/h5-6,10H,3-4,7-9H2,1-2H3,(H,17,18). The first-order valence-corrected chi connectivity index (χ1v) is 6.82. The second-order valence-electron chi connectivity index (χ2n) is 5.88. The number of furan rings is 1. The molecule has 1 aliphatic carbocycles. The van der Waals surface area contributed by atoms with Crippen molar-refractivity contribution in [2.45, 2.75) is 46.0 Å². The van der Waals surface area contributed by atoms with Crippen molar-refractivity contribution >= 4 is 11.8 Å². The summed E-state index contributed by atoms with van der Waals surface area (Å²) in [6.07, 6.45) is 4.73. The third-order valence-corrected chi connectivity index (χ3v) is 3.88. The summed E-state index contributed by atoms with van der Waals surface area (Å²) in [5.74, 6) is -0.688. The van der Waals surface area contributed by atoms with E-state index in [-0.39, 0.29) is 22.7 Å². The molecule has 1 saturated carbocycles. The van der Waals surface area contributed by atoms with Crippen LogP contribution >= 0.6 is 0 Å². The van der Waals surface area contributed by atoms with Gasteiger partial charge in [-0.05, 0) is 37.3 Å². The number of rotatable bonds is 5. The molecule has 19 heavy (non-hydrogen) atoms. The van der Waals surface area contributed by atoms with Crippen LogP contribution in [-0.4, -0.2) is 16.9 Å². The number of carbonyl (C=O) groups excluding carboxylic acids is 1. The molecule has 1 aromatic heterocycles. The van der Waals surface area contributed by atoms with Crippen LogP contribution in [0, 0.1) is 11.3 Å². The summed E-state index contributed by atoms with van der Waals surface area (Å²) in [4.78, 5) is 23.5. The molecule has 0 amide bonds. The van der Waals surface area contributed by atoms with E-state index in [0.717, 1.165) is 32.1 Å². The molecule has 4 heteroatoms. The lowest BCUT2D eigenvalue weighted by molar-refractivity contribution is 0.0649. The van der Waals surface area contributed by atoms with Crippen molar-refractivity contribution in [3.63, 3.8) is 0 Å². The average Bonchev–Trinajstić information content (AvgIpc) is 2.95. The van der Waals surface area contributed by atoms with E-state index >= 15 is 0 Å². The number of ketones is 1. The minimum atomic E-state index is -1.14. The highest BCUT2D eigenvalue weighted by molar-refractivity contribution is 5.99. The van der Waals surface area contributed by atoms with Crippen LogP contribution in [0.15, 0.2) is 16.5 Å². The van der Waals surface area contributed by atoms with Crippen molar-refractivity contribution in [3.8, 4) is 0 Å². The van der Waals surface area contributed by atoms with Crippen molar-refractivity contribution in [1.29, 1.82) is 0 Å². The predicted molar refractivity (Wildman–Crippen MR) is 70.4 cm³/mol. The van der Waals surface area contributed by atoms with Gasteiger partial charge in [0.1, 0.15) is 0 Å². The molecule has 0 saturated heterocycles. The fraction of sp³-hybridized carbons (Fsp3) is 0.600. The zero-order valence-electron chi connectivity index (χ0n) is 11.4. The van der Waals surface area contributed by atoms with Crippen LogP contribution in [0.4, 0.5) is 0 Å². The van der Waals surface area contributed by atoms with Gasteiger partial charge in [0.25, 0.3) is 0 Å². The smallest absolute Gasteiger partial charge is 0.371 e. The molecule has 0 aromatic carbocycles.